The number of halogens is 2. The Bertz CT molecular complexity index is 1750. The number of allylic oxidation sites excluding steroid dienone is 4. The van der Waals surface area contributed by atoms with Crippen molar-refractivity contribution < 1.29 is 23.8 Å². The lowest BCUT2D eigenvalue weighted by Crippen LogP contribution is -2.52. The number of ether oxygens (including phenoxy) is 1. The Balaban J connectivity index is 1.38. The van der Waals surface area contributed by atoms with Gasteiger partial charge in [-0.15, -0.1) is 0 Å². The van der Waals surface area contributed by atoms with Crippen LogP contribution < -0.4 is 25.2 Å². The molecule has 0 unspecified atom stereocenters. The number of carbonyl (C=O) groups is 2. The highest BCUT2D eigenvalue weighted by atomic mass is 35.5. The van der Waals surface area contributed by atoms with Crippen LogP contribution in [0.3, 0.4) is 0 Å². The number of hydrogen-bond donors (Lipinski definition) is 3. The van der Waals surface area contributed by atoms with Crippen LogP contribution in [-0.4, -0.2) is 89.3 Å². The van der Waals surface area contributed by atoms with Gasteiger partial charge in [-0.3, -0.25) is 9.59 Å². The molecule has 246 valence electrons. The van der Waals surface area contributed by atoms with Gasteiger partial charge in [-0.05, 0) is 37.3 Å². The van der Waals surface area contributed by atoms with Gasteiger partial charge in [0, 0.05) is 51.0 Å². The van der Waals surface area contributed by atoms with Crippen LogP contribution in [0.15, 0.2) is 78.5 Å². The van der Waals surface area contributed by atoms with Crippen molar-refractivity contribution in [3.63, 3.8) is 0 Å². The molecule has 2 aliphatic rings. The van der Waals surface area contributed by atoms with E-state index in [2.05, 4.69) is 38.6 Å². The van der Waals surface area contributed by atoms with Gasteiger partial charge < -0.3 is 35.2 Å². The molecule has 0 aromatic carbocycles. The molecule has 5 heterocycles. The molecule has 0 aliphatic carbocycles. The molecule has 0 radical (unpaired) electrons. The second-order valence-electron chi connectivity index (χ2n) is 10.6. The van der Waals surface area contributed by atoms with E-state index < -0.39 is 17.8 Å². The van der Waals surface area contributed by atoms with Crippen molar-refractivity contribution in [2.45, 2.75) is 13.0 Å². The van der Waals surface area contributed by atoms with Crippen molar-refractivity contribution in [1.82, 2.24) is 25.2 Å². The number of rotatable bonds is 11. The molecule has 2 fully saturated rings. The summed E-state index contributed by atoms with van der Waals surface area (Å²) in [6, 6.07) is 5.56. The van der Waals surface area contributed by atoms with Gasteiger partial charge in [-0.1, -0.05) is 42.2 Å². The van der Waals surface area contributed by atoms with Crippen molar-refractivity contribution >= 4 is 57.2 Å². The number of piperazine rings is 1. The van der Waals surface area contributed by atoms with Crippen molar-refractivity contribution in [2.24, 2.45) is 0 Å². The van der Waals surface area contributed by atoms with E-state index in [1.54, 1.807) is 24.1 Å². The molecule has 3 N–H and O–H groups in total. The number of nitrogens with one attached hydrogen (secondary N) is 2. The van der Waals surface area contributed by atoms with Crippen LogP contribution in [0.1, 0.15) is 16.6 Å². The first kappa shape index (κ1) is 33.6. The molecule has 15 heteroatoms. The van der Waals surface area contributed by atoms with E-state index in [-0.39, 0.29) is 21.5 Å². The molecule has 0 saturated carbocycles. The van der Waals surface area contributed by atoms with Gasteiger partial charge in [-0.25, -0.2) is 19.3 Å². The predicted octanol–water partition coefficient (Wildman–Crippen LogP) is 4.61. The summed E-state index contributed by atoms with van der Waals surface area (Å²) >= 11 is 6.94. The highest BCUT2D eigenvalue weighted by Crippen LogP contribution is 2.36. The van der Waals surface area contributed by atoms with Gasteiger partial charge in [0.15, 0.2) is 22.5 Å². The number of anilines is 4. The smallest absolute Gasteiger partial charge is 0.267 e. The molecule has 12 nitrogen and oxygen atoms in total. The molecule has 0 spiro atoms. The monoisotopic (exact) mass is 680 g/mol. The van der Waals surface area contributed by atoms with Gasteiger partial charge in [0.05, 0.1) is 41.5 Å². The average molecular weight is 681 g/mol. The number of nitrogens with zero attached hydrogens (tertiary/aromatic N) is 6. The lowest BCUT2D eigenvalue weighted by Gasteiger charge is -2.42. The number of amides is 2. The highest BCUT2D eigenvalue weighted by Gasteiger charge is 2.30. The maximum atomic E-state index is 14.4. The molecule has 3 aromatic rings. The zero-order valence-corrected chi connectivity index (χ0v) is 27.4. The summed E-state index contributed by atoms with van der Waals surface area (Å²) < 4.78 is 19.9. The number of hydrogen-bond acceptors (Lipinski definition) is 11. The van der Waals surface area contributed by atoms with E-state index >= 15 is 0 Å². The maximum absolute atomic E-state index is 14.4. The lowest BCUT2D eigenvalue weighted by molar-refractivity contribution is -0.126. The van der Waals surface area contributed by atoms with Crippen LogP contribution in [0.4, 0.5) is 26.8 Å². The SMILES string of the molecule is C=CC(=O)N1CCN(c2ncc(-c3ccc(OC)c(Nc4ncc(C(=O)N/C(C(=C)Cl)=C(F)/C=C\C)s4)n3)cc2N2CC(O)C2)CC1. The van der Waals surface area contributed by atoms with Gasteiger partial charge >= 0.3 is 0 Å². The van der Waals surface area contributed by atoms with Crippen LogP contribution in [0.25, 0.3) is 11.3 Å². The van der Waals surface area contributed by atoms with Gasteiger partial charge in [0.1, 0.15) is 10.7 Å². The number of aromatic nitrogens is 3. The zero-order valence-electron chi connectivity index (χ0n) is 25.9. The van der Waals surface area contributed by atoms with Crippen molar-refractivity contribution in [3.8, 4) is 17.0 Å². The lowest BCUT2D eigenvalue weighted by atomic mass is 10.1. The quantitative estimate of drug-likeness (QED) is 0.195. The Kier molecular flexibility index (Phi) is 10.5. The molecular formula is C32H34ClFN8O4S. The Morgan fingerprint density at radius 2 is 1.91 bits per heavy atom. The number of aliphatic hydroxyl groups is 1. The molecule has 0 bridgehead atoms. The average Bonchev–Trinajstić information content (AvgIpc) is 3.53. The minimum Gasteiger partial charge on any atom is -0.493 e. The first-order valence-corrected chi connectivity index (χ1v) is 15.9. The first-order chi connectivity index (χ1) is 22.6. The van der Waals surface area contributed by atoms with Crippen LogP contribution >= 0.6 is 22.9 Å². The number of β-amino-alcohol motifs (C(OH)–C–C–N with tert-alkyl or cyclic N) is 1. The molecule has 3 aromatic heterocycles. The summed E-state index contributed by atoms with van der Waals surface area (Å²) in [5, 5.41) is 15.8. The summed E-state index contributed by atoms with van der Waals surface area (Å²) in [5.41, 5.74) is 1.96. The minimum atomic E-state index is -0.729. The third-order valence-corrected chi connectivity index (χ3v) is 8.61. The van der Waals surface area contributed by atoms with E-state index in [0.29, 0.717) is 61.7 Å². The molecule has 2 aliphatic heterocycles. The molecular weight excluding hydrogens is 647 g/mol. The fourth-order valence-corrected chi connectivity index (χ4v) is 5.89. The third-order valence-electron chi connectivity index (χ3n) is 7.51. The van der Waals surface area contributed by atoms with Crippen molar-refractivity contribution in [3.05, 3.63) is 83.4 Å². The van der Waals surface area contributed by atoms with Crippen LogP contribution in [0.2, 0.25) is 0 Å². The fraction of sp³-hybridized carbons (Fsp3) is 0.281. The largest absolute Gasteiger partial charge is 0.493 e. The summed E-state index contributed by atoms with van der Waals surface area (Å²) in [6.45, 7) is 12.0. The van der Waals surface area contributed by atoms with Crippen LogP contribution in [-0.2, 0) is 4.79 Å². The zero-order chi connectivity index (χ0) is 33.7. The topological polar surface area (TPSA) is 136 Å². The standard InChI is InChI=1S/C32H34ClFN8O4S/c1-5-7-22(34)28(19(3)33)38-31(45)26-16-36-32(47-26)39-29-25(46-4)9-8-23(37-29)20-14-24(42-17-21(43)18-42)30(35-15-20)41-12-10-40(11-13-41)27(44)6-2/h5-9,14-16,21,43H,2-3,10-13,17-18H2,1,4H3,(H,38,45)(H,36,37,39)/b7-5-,28-22-. The van der Waals surface area contributed by atoms with Crippen LogP contribution in [0, 0.1) is 0 Å². The van der Waals surface area contributed by atoms with Crippen molar-refractivity contribution in [1.29, 1.82) is 0 Å². The van der Waals surface area contributed by atoms with Crippen LogP contribution in [0.5, 0.6) is 5.75 Å². The Morgan fingerprint density at radius 3 is 2.55 bits per heavy atom. The summed E-state index contributed by atoms with van der Waals surface area (Å²) in [7, 11) is 1.51. The van der Waals surface area contributed by atoms with E-state index in [4.69, 9.17) is 26.3 Å². The molecule has 5 rings (SSSR count). The van der Waals surface area contributed by atoms with Gasteiger partial charge in [-0.2, -0.15) is 0 Å². The normalized spacial score (nSPS) is 15.6. The predicted molar refractivity (Wildman–Crippen MR) is 182 cm³/mol. The molecule has 0 atom stereocenters. The minimum absolute atomic E-state index is 0.0920. The van der Waals surface area contributed by atoms with Gasteiger partial charge in [0.25, 0.3) is 5.91 Å². The third kappa shape index (κ3) is 7.62. The number of methoxy groups -OCH3 is 1. The fourth-order valence-electron chi connectivity index (χ4n) is 5.04. The summed E-state index contributed by atoms with van der Waals surface area (Å²) in [4.78, 5) is 45.0. The summed E-state index contributed by atoms with van der Waals surface area (Å²) in [6.07, 6.45) is 6.64. The highest BCUT2D eigenvalue weighted by molar-refractivity contribution is 7.17. The van der Waals surface area contributed by atoms with Gasteiger partial charge in [0.2, 0.25) is 5.91 Å². The van der Waals surface area contributed by atoms with E-state index in [0.717, 1.165) is 28.4 Å². The van der Waals surface area contributed by atoms with Crippen molar-refractivity contribution in [2.75, 3.05) is 61.5 Å². The second-order valence-corrected chi connectivity index (χ2v) is 12.1. The molecule has 47 heavy (non-hydrogen) atoms. The Morgan fingerprint density at radius 1 is 1.17 bits per heavy atom. The number of thiazole rings is 1. The number of pyridine rings is 2. The molecule has 2 saturated heterocycles. The first-order valence-electron chi connectivity index (χ1n) is 14.7. The Labute approximate surface area is 280 Å². The Hall–Kier alpha value is -4.79. The van der Waals surface area contributed by atoms with E-state index in [1.165, 1.54) is 31.5 Å². The number of aliphatic hydroxyl groups excluding tert-OH is 1. The second kappa shape index (κ2) is 14.8. The summed E-state index contributed by atoms with van der Waals surface area (Å²) in [5.74, 6) is 0.138. The molecule has 2 amide bonds. The van der Waals surface area contributed by atoms with E-state index in [1.807, 2.05) is 12.1 Å². The number of carbonyl (C=O) groups excluding carboxylic acids is 2. The maximum Gasteiger partial charge on any atom is 0.267 e. The van der Waals surface area contributed by atoms with E-state index in [9.17, 15) is 19.1 Å².